The average molecular weight is 145 g/mol. The molecular formula is C8H7N3. The lowest BCUT2D eigenvalue weighted by Gasteiger charge is -1.97. The second-order valence-electron chi connectivity index (χ2n) is 2.65. The van der Waals surface area contributed by atoms with Crippen molar-refractivity contribution in [3.63, 3.8) is 0 Å². The first-order valence-corrected chi connectivity index (χ1v) is 3.60. The number of nitriles is 1. The average Bonchev–Trinajstić information content (AvgIpc) is 2.47. The number of nitrogens with zero attached hydrogens (tertiary/aromatic N) is 3. The summed E-state index contributed by atoms with van der Waals surface area (Å²) < 4.78 is 0. The lowest BCUT2D eigenvalue weighted by atomic mass is 10.1. The Morgan fingerprint density at radius 1 is 1.64 bits per heavy atom. The first-order chi connectivity index (χ1) is 5.42. The molecular weight excluding hydrogens is 138 g/mol. The number of hydrogen-bond acceptors (Lipinski definition) is 3. The lowest BCUT2D eigenvalue weighted by molar-refractivity contribution is 0.821. The second-order valence-corrected chi connectivity index (χ2v) is 2.65. The van der Waals surface area contributed by atoms with E-state index in [1.165, 1.54) is 0 Å². The van der Waals surface area contributed by atoms with E-state index in [0.29, 0.717) is 0 Å². The monoisotopic (exact) mass is 145 g/mol. The van der Waals surface area contributed by atoms with Crippen LogP contribution in [0.5, 0.6) is 0 Å². The fourth-order valence-electron chi connectivity index (χ4n) is 1.44. The van der Waals surface area contributed by atoms with Crippen LogP contribution in [0.4, 0.5) is 0 Å². The lowest BCUT2D eigenvalue weighted by Crippen LogP contribution is -1.91. The van der Waals surface area contributed by atoms with Crippen LogP contribution in [-0.2, 0) is 6.42 Å². The molecule has 3 nitrogen and oxygen atoms in total. The summed E-state index contributed by atoms with van der Waals surface area (Å²) in [6.45, 7) is 0. The molecule has 0 bridgehead atoms. The van der Waals surface area contributed by atoms with Gasteiger partial charge in [-0.2, -0.15) is 5.26 Å². The van der Waals surface area contributed by atoms with Crippen LogP contribution in [0.25, 0.3) is 0 Å². The summed E-state index contributed by atoms with van der Waals surface area (Å²) in [4.78, 5) is 7.99. The molecule has 1 atom stereocenters. The number of rotatable bonds is 0. The maximum Gasteiger partial charge on any atom is 0.115 e. The Bertz CT molecular complexity index is 313. The molecule has 54 valence electrons. The highest BCUT2D eigenvalue weighted by Gasteiger charge is 2.22. The summed E-state index contributed by atoms with van der Waals surface area (Å²) in [7, 11) is 0. The molecule has 1 heterocycles. The van der Waals surface area contributed by atoms with Crippen LogP contribution in [0.2, 0.25) is 0 Å². The first kappa shape index (κ1) is 6.29. The molecule has 3 heteroatoms. The number of aryl methyl sites for hydroxylation is 1. The zero-order chi connectivity index (χ0) is 7.68. The SMILES string of the molecule is N#CC1CCc2ncncc21. The minimum atomic E-state index is 0.0335. The van der Waals surface area contributed by atoms with Crippen LogP contribution < -0.4 is 0 Å². The van der Waals surface area contributed by atoms with Gasteiger partial charge in [0.05, 0.1) is 12.0 Å². The molecule has 0 radical (unpaired) electrons. The smallest absolute Gasteiger partial charge is 0.115 e. The fraction of sp³-hybridized carbons (Fsp3) is 0.375. The van der Waals surface area contributed by atoms with Crippen molar-refractivity contribution in [3.05, 3.63) is 23.8 Å². The Morgan fingerprint density at radius 3 is 3.36 bits per heavy atom. The van der Waals surface area contributed by atoms with Crippen molar-refractivity contribution in [2.75, 3.05) is 0 Å². The topological polar surface area (TPSA) is 49.6 Å². The van der Waals surface area contributed by atoms with Crippen molar-refractivity contribution in [2.24, 2.45) is 0 Å². The highest BCUT2D eigenvalue weighted by atomic mass is 14.8. The standard InChI is InChI=1S/C8H7N3/c9-3-6-1-2-8-7(6)4-10-5-11-8/h4-6H,1-2H2. The molecule has 1 aliphatic carbocycles. The molecule has 0 saturated heterocycles. The molecule has 2 rings (SSSR count). The van der Waals surface area contributed by atoms with Crippen LogP contribution in [0.15, 0.2) is 12.5 Å². The Kier molecular flexibility index (Phi) is 1.32. The van der Waals surface area contributed by atoms with Crippen molar-refractivity contribution < 1.29 is 0 Å². The maximum atomic E-state index is 8.71. The summed E-state index contributed by atoms with van der Waals surface area (Å²) in [6, 6.07) is 2.24. The van der Waals surface area contributed by atoms with E-state index in [9.17, 15) is 0 Å². The van der Waals surface area contributed by atoms with Crippen molar-refractivity contribution in [2.45, 2.75) is 18.8 Å². The van der Waals surface area contributed by atoms with Crippen LogP contribution >= 0.6 is 0 Å². The number of hydrogen-bond donors (Lipinski definition) is 0. The second kappa shape index (κ2) is 2.31. The fourth-order valence-corrected chi connectivity index (χ4v) is 1.44. The number of aromatic nitrogens is 2. The minimum absolute atomic E-state index is 0.0335. The van der Waals surface area contributed by atoms with Gasteiger partial charge in [0, 0.05) is 17.5 Å². The van der Waals surface area contributed by atoms with Gasteiger partial charge in [-0.25, -0.2) is 9.97 Å². The van der Waals surface area contributed by atoms with Gasteiger partial charge >= 0.3 is 0 Å². The molecule has 1 unspecified atom stereocenters. The molecule has 11 heavy (non-hydrogen) atoms. The van der Waals surface area contributed by atoms with Gasteiger partial charge in [-0.15, -0.1) is 0 Å². The summed E-state index contributed by atoms with van der Waals surface area (Å²) >= 11 is 0. The minimum Gasteiger partial charge on any atom is -0.244 e. The van der Waals surface area contributed by atoms with Gasteiger partial charge in [0.2, 0.25) is 0 Å². The molecule has 0 aliphatic heterocycles. The number of fused-ring (bicyclic) bond motifs is 1. The molecule has 0 aromatic carbocycles. The van der Waals surface area contributed by atoms with Crippen molar-refractivity contribution in [3.8, 4) is 6.07 Å². The molecule has 0 amide bonds. The Hall–Kier alpha value is -1.43. The normalized spacial score (nSPS) is 20.8. The third-order valence-electron chi connectivity index (χ3n) is 2.03. The Balaban J connectivity index is 2.49. The van der Waals surface area contributed by atoms with Gasteiger partial charge in [-0.05, 0) is 12.8 Å². The van der Waals surface area contributed by atoms with Crippen LogP contribution in [-0.4, -0.2) is 9.97 Å². The molecule has 0 N–H and O–H groups in total. The Labute approximate surface area is 64.7 Å². The zero-order valence-electron chi connectivity index (χ0n) is 5.99. The van der Waals surface area contributed by atoms with E-state index < -0.39 is 0 Å². The summed E-state index contributed by atoms with van der Waals surface area (Å²) in [5.74, 6) is 0.0335. The van der Waals surface area contributed by atoms with Gasteiger partial charge in [0.25, 0.3) is 0 Å². The highest BCUT2D eigenvalue weighted by Crippen LogP contribution is 2.29. The van der Waals surface area contributed by atoms with Crippen LogP contribution in [0.3, 0.4) is 0 Å². The van der Waals surface area contributed by atoms with E-state index >= 15 is 0 Å². The maximum absolute atomic E-state index is 8.71. The van der Waals surface area contributed by atoms with Crippen LogP contribution in [0.1, 0.15) is 23.6 Å². The molecule has 0 saturated carbocycles. The van der Waals surface area contributed by atoms with E-state index in [1.54, 1.807) is 12.5 Å². The van der Waals surface area contributed by atoms with E-state index in [1.807, 2.05) is 0 Å². The molecule has 1 aliphatic rings. The zero-order valence-corrected chi connectivity index (χ0v) is 5.99. The van der Waals surface area contributed by atoms with Gasteiger partial charge in [0.15, 0.2) is 0 Å². The molecule has 0 spiro atoms. The predicted molar refractivity (Wildman–Crippen MR) is 38.7 cm³/mol. The predicted octanol–water partition coefficient (Wildman–Crippen LogP) is 1.03. The highest BCUT2D eigenvalue weighted by molar-refractivity contribution is 5.31. The Morgan fingerprint density at radius 2 is 2.55 bits per heavy atom. The van der Waals surface area contributed by atoms with Crippen LogP contribution in [0, 0.1) is 11.3 Å². The molecule has 1 aromatic heterocycles. The first-order valence-electron chi connectivity index (χ1n) is 3.60. The van der Waals surface area contributed by atoms with Crippen molar-refractivity contribution >= 4 is 0 Å². The van der Waals surface area contributed by atoms with Gasteiger partial charge < -0.3 is 0 Å². The third-order valence-corrected chi connectivity index (χ3v) is 2.03. The third kappa shape index (κ3) is 0.874. The summed E-state index contributed by atoms with van der Waals surface area (Å²) in [5, 5.41) is 8.71. The van der Waals surface area contributed by atoms with E-state index in [2.05, 4.69) is 16.0 Å². The van der Waals surface area contributed by atoms with E-state index in [-0.39, 0.29) is 5.92 Å². The van der Waals surface area contributed by atoms with Gasteiger partial charge in [-0.3, -0.25) is 0 Å². The largest absolute Gasteiger partial charge is 0.244 e. The summed E-state index contributed by atoms with van der Waals surface area (Å²) in [5.41, 5.74) is 2.07. The quantitative estimate of drug-likeness (QED) is 0.547. The van der Waals surface area contributed by atoms with E-state index in [4.69, 9.17) is 5.26 Å². The van der Waals surface area contributed by atoms with Crippen molar-refractivity contribution in [1.29, 1.82) is 5.26 Å². The van der Waals surface area contributed by atoms with E-state index in [0.717, 1.165) is 24.1 Å². The van der Waals surface area contributed by atoms with Gasteiger partial charge in [-0.1, -0.05) is 0 Å². The molecule has 1 aromatic rings. The molecule has 0 fully saturated rings. The van der Waals surface area contributed by atoms with Gasteiger partial charge in [0.1, 0.15) is 6.33 Å². The summed E-state index contributed by atoms with van der Waals surface area (Å²) in [6.07, 6.45) is 5.13. The van der Waals surface area contributed by atoms with Crippen molar-refractivity contribution in [1.82, 2.24) is 9.97 Å².